The summed E-state index contributed by atoms with van der Waals surface area (Å²) in [5.41, 5.74) is 11.0. The Labute approximate surface area is 119 Å². The van der Waals surface area contributed by atoms with Gasteiger partial charge in [0, 0.05) is 25.2 Å². The molecule has 4 nitrogen and oxygen atoms in total. The molecule has 4 heteroatoms. The maximum atomic E-state index is 5.55. The van der Waals surface area contributed by atoms with Gasteiger partial charge in [-0.3, -0.25) is 0 Å². The minimum atomic E-state index is 0.666. The van der Waals surface area contributed by atoms with Crippen LogP contribution in [0.2, 0.25) is 0 Å². The number of nitrogens with zero attached hydrogens (tertiary/aromatic N) is 2. The lowest BCUT2D eigenvalue weighted by molar-refractivity contribution is 0.191. The zero-order valence-electron chi connectivity index (χ0n) is 13.1. The van der Waals surface area contributed by atoms with E-state index in [-0.39, 0.29) is 0 Å². The fraction of sp³-hybridized carbons (Fsp3) is 1.00. The van der Waals surface area contributed by atoms with Gasteiger partial charge in [-0.05, 0) is 58.8 Å². The molecule has 3 atom stereocenters. The Kier molecular flexibility index (Phi) is 7.91. The van der Waals surface area contributed by atoms with Crippen LogP contribution in [0.5, 0.6) is 0 Å². The van der Waals surface area contributed by atoms with E-state index in [1.54, 1.807) is 0 Å². The molecule has 19 heavy (non-hydrogen) atoms. The molecule has 0 aliphatic carbocycles. The van der Waals surface area contributed by atoms with Crippen molar-refractivity contribution in [1.82, 2.24) is 9.80 Å². The third kappa shape index (κ3) is 5.78. The van der Waals surface area contributed by atoms with Crippen molar-refractivity contribution in [3.8, 4) is 0 Å². The lowest BCUT2D eigenvalue weighted by Gasteiger charge is -2.31. The SMILES string of the molecule is CC1CC(CCN)N(C)C1.CN1CCCCC1CN. The molecule has 0 amide bonds. The molecule has 3 unspecified atom stereocenters. The molecule has 0 aromatic rings. The summed E-state index contributed by atoms with van der Waals surface area (Å²) in [5, 5.41) is 0. The number of nitrogens with two attached hydrogens (primary N) is 2. The largest absolute Gasteiger partial charge is 0.330 e. The summed E-state index contributed by atoms with van der Waals surface area (Å²) < 4.78 is 0. The van der Waals surface area contributed by atoms with Crippen LogP contribution in [0.3, 0.4) is 0 Å². The van der Waals surface area contributed by atoms with Crippen molar-refractivity contribution in [1.29, 1.82) is 0 Å². The van der Waals surface area contributed by atoms with Crippen LogP contribution < -0.4 is 11.5 Å². The molecule has 2 rings (SSSR count). The normalized spacial score (nSPS) is 33.0. The highest BCUT2D eigenvalue weighted by Gasteiger charge is 2.25. The summed E-state index contributed by atoms with van der Waals surface area (Å²) in [6.07, 6.45) is 6.53. The number of likely N-dealkylation sites (N-methyl/N-ethyl adjacent to an activating group) is 1. The Morgan fingerprint density at radius 3 is 2.21 bits per heavy atom. The molecule has 2 aliphatic heterocycles. The molecule has 2 heterocycles. The van der Waals surface area contributed by atoms with Crippen LogP contribution in [0.25, 0.3) is 0 Å². The second-order valence-electron chi connectivity index (χ2n) is 6.38. The molecule has 4 N–H and O–H groups in total. The van der Waals surface area contributed by atoms with E-state index in [0.29, 0.717) is 6.04 Å². The summed E-state index contributed by atoms with van der Waals surface area (Å²) in [4.78, 5) is 4.79. The number of rotatable bonds is 3. The van der Waals surface area contributed by atoms with Gasteiger partial charge in [-0.25, -0.2) is 0 Å². The monoisotopic (exact) mass is 270 g/mol. The van der Waals surface area contributed by atoms with Crippen LogP contribution >= 0.6 is 0 Å². The lowest BCUT2D eigenvalue weighted by atomic mass is 10.0. The first-order valence-electron chi connectivity index (χ1n) is 7.89. The Bertz CT molecular complexity index is 234. The minimum absolute atomic E-state index is 0.666. The lowest BCUT2D eigenvalue weighted by Crippen LogP contribution is -2.41. The van der Waals surface area contributed by atoms with Crippen LogP contribution in [0.4, 0.5) is 0 Å². The predicted molar refractivity (Wildman–Crippen MR) is 83.2 cm³/mol. The van der Waals surface area contributed by atoms with Crippen molar-refractivity contribution in [2.24, 2.45) is 17.4 Å². The maximum absolute atomic E-state index is 5.55. The number of likely N-dealkylation sites (tertiary alicyclic amines) is 2. The molecular weight excluding hydrogens is 236 g/mol. The fourth-order valence-corrected chi connectivity index (χ4v) is 3.33. The first-order valence-corrected chi connectivity index (χ1v) is 7.89. The molecule has 0 spiro atoms. The summed E-state index contributed by atoms with van der Waals surface area (Å²) >= 11 is 0. The number of hydrogen-bond donors (Lipinski definition) is 2. The van der Waals surface area contributed by atoms with E-state index in [9.17, 15) is 0 Å². The van der Waals surface area contributed by atoms with Gasteiger partial charge < -0.3 is 21.3 Å². The minimum Gasteiger partial charge on any atom is -0.330 e. The molecular formula is C15H34N4. The molecule has 0 bridgehead atoms. The second-order valence-corrected chi connectivity index (χ2v) is 6.38. The first kappa shape index (κ1) is 16.9. The van der Waals surface area contributed by atoms with E-state index in [1.165, 1.54) is 45.2 Å². The topological polar surface area (TPSA) is 58.5 Å². The molecule has 0 aromatic heterocycles. The Balaban J connectivity index is 0.000000191. The molecule has 2 aliphatic rings. The number of hydrogen-bond acceptors (Lipinski definition) is 4. The first-order chi connectivity index (χ1) is 9.08. The van der Waals surface area contributed by atoms with Gasteiger partial charge >= 0.3 is 0 Å². The van der Waals surface area contributed by atoms with Crippen molar-refractivity contribution in [2.45, 2.75) is 51.1 Å². The highest BCUT2D eigenvalue weighted by Crippen LogP contribution is 2.22. The van der Waals surface area contributed by atoms with Gasteiger partial charge in [-0.1, -0.05) is 13.3 Å². The zero-order valence-corrected chi connectivity index (χ0v) is 13.1. The highest BCUT2D eigenvalue weighted by atomic mass is 15.2. The summed E-state index contributed by atoms with van der Waals surface area (Å²) in [6, 6.07) is 1.43. The van der Waals surface area contributed by atoms with Gasteiger partial charge in [0.1, 0.15) is 0 Å². The third-order valence-corrected chi connectivity index (χ3v) is 4.59. The third-order valence-electron chi connectivity index (χ3n) is 4.59. The predicted octanol–water partition coefficient (Wildman–Crippen LogP) is 1.10. The van der Waals surface area contributed by atoms with Gasteiger partial charge in [0.05, 0.1) is 0 Å². The van der Waals surface area contributed by atoms with E-state index >= 15 is 0 Å². The van der Waals surface area contributed by atoms with Crippen LogP contribution in [0, 0.1) is 5.92 Å². The van der Waals surface area contributed by atoms with E-state index < -0.39 is 0 Å². The smallest absolute Gasteiger partial charge is 0.0215 e. The molecule has 0 saturated carbocycles. The average molecular weight is 270 g/mol. The second kappa shape index (κ2) is 8.90. The average Bonchev–Trinajstić information content (AvgIpc) is 2.70. The summed E-state index contributed by atoms with van der Waals surface area (Å²) in [7, 11) is 4.36. The highest BCUT2D eigenvalue weighted by molar-refractivity contribution is 4.80. The van der Waals surface area contributed by atoms with Gasteiger partial charge in [0.15, 0.2) is 0 Å². The molecule has 0 aromatic carbocycles. The fourth-order valence-electron chi connectivity index (χ4n) is 3.33. The summed E-state index contributed by atoms with van der Waals surface area (Å²) in [6.45, 7) is 6.47. The van der Waals surface area contributed by atoms with Crippen molar-refractivity contribution in [2.75, 3.05) is 40.3 Å². The van der Waals surface area contributed by atoms with E-state index in [0.717, 1.165) is 25.0 Å². The Hall–Kier alpha value is -0.160. The van der Waals surface area contributed by atoms with Gasteiger partial charge in [0.25, 0.3) is 0 Å². The Morgan fingerprint density at radius 2 is 1.79 bits per heavy atom. The molecule has 114 valence electrons. The van der Waals surface area contributed by atoms with Crippen molar-refractivity contribution < 1.29 is 0 Å². The molecule has 2 fully saturated rings. The van der Waals surface area contributed by atoms with Crippen molar-refractivity contribution in [3.05, 3.63) is 0 Å². The zero-order chi connectivity index (χ0) is 14.3. The standard InChI is InChI=1S/C8H18N2.C7H16N2/c1-7-5-8(3-4-9)10(2)6-7;1-9-5-3-2-4-7(9)6-8/h7-8H,3-6,9H2,1-2H3;7H,2-6,8H2,1H3. The van der Waals surface area contributed by atoms with Gasteiger partial charge in [0.2, 0.25) is 0 Å². The van der Waals surface area contributed by atoms with Gasteiger partial charge in [-0.15, -0.1) is 0 Å². The maximum Gasteiger partial charge on any atom is 0.0215 e. The van der Waals surface area contributed by atoms with E-state index in [4.69, 9.17) is 11.5 Å². The quantitative estimate of drug-likeness (QED) is 0.806. The van der Waals surface area contributed by atoms with Crippen LogP contribution in [-0.4, -0.2) is 62.2 Å². The van der Waals surface area contributed by atoms with Crippen molar-refractivity contribution >= 4 is 0 Å². The van der Waals surface area contributed by atoms with Gasteiger partial charge in [-0.2, -0.15) is 0 Å². The number of piperidine rings is 1. The van der Waals surface area contributed by atoms with E-state index in [1.807, 2.05) is 0 Å². The van der Waals surface area contributed by atoms with Crippen molar-refractivity contribution in [3.63, 3.8) is 0 Å². The Morgan fingerprint density at radius 1 is 1.05 bits per heavy atom. The van der Waals surface area contributed by atoms with Crippen LogP contribution in [0.1, 0.15) is 39.0 Å². The van der Waals surface area contributed by atoms with E-state index in [2.05, 4.69) is 30.8 Å². The summed E-state index contributed by atoms with van der Waals surface area (Å²) in [5.74, 6) is 0.876. The molecule has 0 radical (unpaired) electrons. The molecule has 2 saturated heterocycles. The van der Waals surface area contributed by atoms with Crippen LogP contribution in [0.15, 0.2) is 0 Å². The van der Waals surface area contributed by atoms with Crippen LogP contribution in [-0.2, 0) is 0 Å².